The van der Waals surface area contributed by atoms with Gasteiger partial charge in [-0.25, -0.2) is 9.48 Å². The Bertz CT molecular complexity index is 859. The number of methoxy groups -OCH3 is 2. The van der Waals surface area contributed by atoms with Crippen LogP contribution in [0.2, 0.25) is 0 Å². The SMILES string of the molecule is COC(=O)c1ccc(OCc2ccn(-c3ccccc3)n2)c(OC)c1. The first-order valence-corrected chi connectivity index (χ1v) is 7.70. The number of hydrogen-bond acceptors (Lipinski definition) is 5. The maximum atomic E-state index is 11.6. The molecule has 128 valence electrons. The van der Waals surface area contributed by atoms with Gasteiger partial charge in [-0.15, -0.1) is 0 Å². The van der Waals surface area contributed by atoms with Crippen LogP contribution in [0.1, 0.15) is 16.1 Å². The van der Waals surface area contributed by atoms with Crippen LogP contribution >= 0.6 is 0 Å². The van der Waals surface area contributed by atoms with Gasteiger partial charge in [-0.3, -0.25) is 0 Å². The summed E-state index contributed by atoms with van der Waals surface area (Å²) in [4.78, 5) is 11.6. The maximum absolute atomic E-state index is 11.6. The van der Waals surface area contributed by atoms with E-state index in [1.54, 1.807) is 22.9 Å². The topological polar surface area (TPSA) is 62.6 Å². The molecule has 2 aromatic carbocycles. The molecule has 1 heterocycles. The van der Waals surface area contributed by atoms with Crippen molar-refractivity contribution in [2.45, 2.75) is 6.61 Å². The summed E-state index contributed by atoms with van der Waals surface area (Å²) < 4.78 is 17.6. The number of nitrogens with zero attached hydrogens (tertiary/aromatic N) is 2. The van der Waals surface area contributed by atoms with Gasteiger partial charge in [0.25, 0.3) is 0 Å². The van der Waals surface area contributed by atoms with E-state index in [0.29, 0.717) is 17.1 Å². The fourth-order valence-corrected chi connectivity index (χ4v) is 2.35. The summed E-state index contributed by atoms with van der Waals surface area (Å²) in [5, 5.41) is 4.49. The van der Waals surface area contributed by atoms with Crippen LogP contribution in [0, 0.1) is 0 Å². The van der Waals surface area contributed by atoms with E-state index in [9.17, 15) is 4.79 Å². The van der Waals surface area contributed by atoms with E-state index in [1.807, 2.05) is 42.6 Å². The predicted octanol–water partition coefficient (Wildman–Crippen LogP) is 3.25. The third-order valence-corrected chi connectivity index (χ3v) is 3.63. The zero-order valence-electron chi connectivity index (χ0n) is 14.0. The van der Waals surface area contributed by atoms with Crippen molar-refractivity contribution in [2.75, 3.05) is 14.2 Å². The molecule has 0 saturated carbocycles. The fourth-order valence-electron chi connectivity index (χ4n) is 2.35. The van der Waals surface area contributed by atoms with Gasteiger partial charge < -0.3 is 14.2 Å². The Morgan fingerprint density at radius 2 is 1.84 bits per heavy atom. The first-order chi connectivity index (χ1) is 12.2. The molecule has 0 amide bonds. The number of aromatic nitrogens is 2. The largest absolute Gasteiger partial charge is 0.493 e. The predicted molar refractivity (Wildman–Crippen MR) is 92.2 cm³/mol. The zero-order chi connectivity index (χ0) is 17.6. The second kappa shape index (κ2) is 7.53. The Balaban J connectivity index is 1.71. The van der Waals surface area contributed by atoms with Crippen molar-refractivity contribution in [1.82, 2.24) is 9.78 Å². The van der Waals surface area contributed by atoms with Crippen molar-refractivity contribution in [1.29, 1.82) is 0 Å². The lowest BCUT2D eigenvalue weighted by Gasteiger charge is -2.11. The minimum Gasteiger partial charge on any atom is -0.493 e. The molecular formula is C19H18N2O4. The number of esters is 1. The lowest BCUT2D eigenvalue weighted by atomic mass is 10.2. The maximum Gasteiger partial charge on any atom is 0.337 e. The van der Waals surface area contributed by atoms with Crippen LogP contribution in [-0.4, -0.2) is 30.0 Å². The molecule has 0 atom stereocenters. The number of ether oxygens (including phenoxy) is 3. The second-order valence-electron chi connectivity index (χ2n) is 5.23. The van der Waals surface area contributed by atoms with Gasteiger partial charge >= 0.3 is 5.97 Å². The summed E-state index contributed by atoms with van der Waals surface area (Å²) in [5.74, 6) is 0.571. The van der Waals surface area contributed by atoms with Crippen molar-refractivity contribution in [3.63, 3.8) is 0 Å². The first-order valence-electron chi connectivity index (χ1n) is 7.70. The average Bonchev–Trinajstić information content (AvgIpc) is 3.15. The summed E-state index contributed by atoms with van der Waals surface area (Å²) in [6.07, 6.45) is 1.88. The third-order valence-electron chi connectivity index (χ3n) is 3.63. The molecule has 0 spiro atoms. The van der Waals surface area contributed by atoms with E-state index in [1.165, 1.54) is 14.2 Å². The quantitative estimate of drug-likeness (QED) is 0.646. The number of carbonyl (C=O) groups excluding carboxylic acids is 1. The molecule has 3 aromatic rings. The molecule has 0 aliphatic carbocycles. The molecule has 0 unspecified atom stereocenters. The fraction of sp³-hybridized carbons (Fsp3) is 0.158. The molecule has 0 fully saturated rings. The molecular weight excluding hydrogens is 320 g/mol. The van der Waals surface area contributed by atoms with E-state index in [2.05, 4.69) is 5.10 Å². The standard InChI is InChI=1S/C19H18N2O4/c1-23-18-12-14(19(22)24-2)8-9-17(18)25-13-15-10-11-21(20-15)16-6-4-3-5-7-16/h3-12H,13H2,1-2H3. The van der Waals surface area contributed by atoms with Crippen LogP contribution in [0.15, 0.2) is 60.8 Å². The Morgan fingerprint density at radius 1 is 1.04 bits per heavy atom. The molecule has 0 aliphatic heterocycles. The number of carbonyl (C=O) groups is 1. The lowest BCUT2D eigenvalue weighted by molar-refractivity contribution is 0.0600. The first kappa shape index (κ1) is 16.6. The highest BCUT2D eigenvalue weighted by Crippen LogP contribution is 2.29. The number of para-hydroxylation sites is 1. The molecule has 6 heteroatoms. The van der Waals surface area contributed by atoms with E-state index in [0.717, 1.165) is 11.4 Å². The smallest absolute Gasteiger partial charge is 0.337 e. The Morgan fingerprint density at radius 3 is 2.56 bits per heavy atom. The highest BCUT2D eigenvalue weighted by atomic mass is 16.5. The minimum atomic E-state index is -0.425. The second-order valence-corrected chi connectivity index (χ2v) is 5.23. The van der Waals surface area contributed by atoms with Crippen molar-refractivity contribution < 1.29 is 19.0 Å². The summed E-state index contributed by atoms with van der Waals surface area (Å²) in [7, 11) is 2.86. The summed E-state index contributed by atoms with van der Waals surface area (Å²) in [6.45, 7) is 0.285. The summed E-state index contributed by atoms with van der Waals surface area (Å²) >= 11 is 0. The molecule has 0 radical (unpaired) electrons. The summed E-state index contributed by atoms with van der Waals surface area (Å²) in [5.41, 5.74) is 2.16. The van der Waals surface area contributed by atoms with E-state index in [4.69, 9.17) is 14.2 Å². The van der Waals surface area contributed by atoms with Crippen LogP contribution in [0.4, 0.5) is 0 Å². The summed E-state index contributed by atoms with van der Waals surface area (Å²) in [6, 6.07) is 16.6. The van der Waals surface area contributed by atoms with Crippen LogP contribution in [0.5, 0.6) is 11.5 Å². The highest BCUT2D eigenvalue weighted by Gasteiger charge is 2.12. The molecule has 25 heavy (non-hydrogen) atoms. The van der Waals surface area contributed by atoms with Gasteiger partial charge in [0.15, 0.2) is 11.5 Å². The normalized spacial score (nSPS) is 10.3. The molecule has 1 aromatic heterocycles. The van der Waals surface area contributed by atoms with E-state index in [-0.39, 0.29) is 6.61 Å². The number of benzene rings is 2. The number of hydrogen-bond donors (Lipinski definition) is 0. The lowest BCUT2D eigenvalue weighted by Crippen LogP contribution is -2.04. The third kappa shape index (κ3) is 3.80. The number of rotatable bonds is 6. The van der Waals surface area contributed by atoms with Gasteiger partial charge in [-0.05, 0) is 36.4 Å². The van der Waals surface area contributed by atoms with Crippen LogP contribution in [-0.2, 0) is 11.3 Å². The van der Waals surface area contributed by atoms with Gasteiger partial charge in [0, 0.05) is 6.20 Å². The van der Waals surface area contributed by atoms with Crippen molar-refractivity contribution in [3.05, 3.63) is 72.1 Å². The monoisotopic (exact) mass is 338 g/mol. The molecule has 0 saturated heterocycles. The van der Waals surface area contributed by atoms with Gasteiger partial charge in [-0.2, -0.15) is 5.10 Å². The molecule has 3 rings (SSSR count). The molecule has 0 N–H and O–H groups in total. The van der Waals surface area contributed by atoms with Crippen LogP contribution < -0.4 is 9.47 Å². The van der Waals surface area contributed by atoms with Crippen molar-refractivity contribution in [2.24, 2.45) is 0 Å². The van der Waals surface area contributed by atoms with Gasteiger partial charge in [0.05, 0.1) is 25.5 Å². The molecule has 0 aliphatic rings. The molecule has 6 nitrogen and oxygen atoms in total. The highest BCUT2D eigenvalue weighted by molar-refractivity contribution is 5.90. The van der Waals surface area contributed by atoms with E-state index >= 15 is 0 Å². The Kier molecular flexibility index (Phi) is 4.99. The van der Waals surface area contributed by atoms with Gasteiger partial charge in [0.2, 0.25) is 0 Å². The van der Waals surface area contributed by atoms with Gasteiger partial charge in [0.1, 0.15) is 12.3 Å². The molecule has 0 bridgehead atoms. The Labute approximate surface area is 145 Å². The van der Waals surface area contributed by atoms with E-state index < -0.39 is 5.97 Å². The Hall–Kier alpha value is -3.28. The average molecular weight is 338 g/mol. The zero-order valence-corrected chi connectivity index (χ0v) is 14.0. The van der Waals surface area contributed by atoms with Gasteiger partial charge in [-0.1, -0.05) is 18.2 Å². The minimum absolute atomic E-state index is 0.285. The van der Waals surface area contributed by atoms with Crippen molar-refractivity contribution in [3.8, 4) is 17.2 Å². The van der Waals surface area contributed by atoms with Crippen LogP contribution in [0.25, 0.3) is 5.69 Å². The van der Waals surface area contributed by atoms with Crippen molar-refractivity contribution >= 4 is 5.97 Å². The van der Waals surface area contributed by atoms with Crippen LogP contribution in [0.3, 0.4) is 0 Å².